The Kier molecular flexibility index (Phi) is 19.6. The summed E-state index contributed by atoms with van der Waals surface area (Å²) in [5, 5.41) is 11.6. The molecule has 0 saturated carbocycles. The first-order valence-electron chi connectivity index (χ1n) is 11.8. The molecule has 0 heterocycles. The van der Waals surface area contributed by atoms with Crippen LogP contribution in [0.4, 0.5) is 4.79 Å². The van der Waals surface area contributed by atoms with Gasteiger partial charge in [0.1, 0.15) is 6.54 Å². The van der Waals surface area contributed by atoms with Crippen LogP contribution in [0, 0.1) is 0 Å². The number of amides is 2. The lowest BCUT2D eigenvalue weighted by atomic mass is 10.0. The van der Waals surface area contributed by atoms with E-state index < -0.39 is 6.09 Å². The van der Waals surface area contributed by atoms with Crippen LogP contribution in [0.15, 0.2) is 0 Å². The fraction of sp³-hybridized carbons (Fsp3) is 0.913. The third-order valence-electron chi connectivity index (χ3n) is 5.42. The summed E-state index contributed by atoms with van der Waals surface area (Å²) in [6, 6.07) is 0. The molecule has 0 aliphatic heterocycles. The van der Waals surface area contributed by atoms with Gasteiger partial charge >= 0.3 is 6.09 Å². The Morgan fingerprint density at radius 1 is 0.679 bits per heavy atom. The zero-order valence-corrected chi connectivity index (χ0v) is 18.6. The lowest BCUT2D eigenvalue weighted by Gasteiger charge is -2.17. The summed E-state index contributed by atoms with van der Waals surface area (Å²) in [7, 11) is 1.53. The zero-order chi connectivity index (χ0) is 20.9. The van der Waals surface area contributed by atoms with Gasteiger partial charge < -0.3 is 10.4 Å². The van der Waals surface area contributed by atoms with Crippen molar-refractivity contribution in [2.75, 3.05) is 20.1 Å². The second-order valence-electron chi connectivity index (χ2n) is 8.03. The molecule has 0 fully saturated rings. The van der Waals surface area contributed by atoms with Gasteiger partial charge in [0.15, 0.2) is 0 Å². The minimum atomic E-state index is -1.01. The minimum Gasteiger partial charge on any atom is -0.465 e. The van der Waals surface area contributed by atoms with Crippen molar-refractivity contribution in [2.24, 2.45) is 0 Å². The maximum Gasteiger partial charge on any atom is 0.407 e. The van der Waals surface area contributed by atoms with Crippen molar-refractivity contribution in [3.05, 3.63) is 0 Å². The summed E-state index contributed by atoms with van der Waals surface area (Å²) >= 11 is 0. The molecule has 0 aliphatic rings. The Balaban J connectivity index is 3.30. The van der Waals surface area contributed by atoms with Crippen LogP contribution < -0.4 is 5.32 Å². The topological polar surface area (TPSA) is 69.6 Å². The molecule has 0 bridgehead atoms. The SMILES string of the molecule is CCCCCCCCCCCCCCCCCCCN(CC(=O)NC)C(=O)O. The van der Waals surface area contributed by atoms with Crippen molar-refractivity contribution >= 4 is 12.0 Å². The molecular weight excluding hydrogens is 352 g/mol. The van der Waals surface area contributed by atoms with Gasteiger partial charge in [-0.2, -0.15) is 0 Å². The molecule has 0 radical (unpaired) electrons. The predicted molar refractivity (Wildman–Crippen MR) is 118 cm³/mol. The van der Waals surface area contributed by atoms with Crippen molar-refractivity contribution < 1.29 is 14.7 Å². The predicted octanol–water partition coefficient (Wildman–Crippen LogP) is 6.36. The first kappa shape index (κ1) is 26.7. The fourth-order valence-corrected chi connectivity index (χ4v) is 3.52. The summed E-state index contributed by atoms with van der Waals surface area (Å²) in [6.07, 6.45) is 21.3. The summed E-state index contributed by atoms with van der Waals surface area (Å²) in [6.45, 7) is 2.65. The van der Waals surface area contributed by atoms with E-state index in [4.69, 9.17) is 5.11 Å². The molecule has 5 nitrogen and oxygen atoms in total. The third kappa shape index (κ3) is 18.1. The van der Waals surface area contributed by atoms with Gasteiger partial charge in [-0.25, -0.2) is 4.79 Å². The van der Waals surface area contributed by atoms with E-state index in [9.17, 15) is 9.59 Å². The molecule has 0 saturated heterocycles. The van der Waals surface area contributed by atoms with Gasteiger partial charge in [-0.1, -0.05) is 110 Å². The van der Waals surface area contributed by atoms with E-state index in [0.29, 0.717) is 6.54 Å². The molecule has 0 aliphatic carbocycles. The Labute approximate surface area is 173 Å². The van der Waals surface area contributed by atoms with Crippen LogP contribution >= 0.6 is 0 Å². The molecule has 0 atom stereocenters. The number of rotatable bonds is 20. The quantitative estimate of drug-likeness (QED) is 0.234. The molecule has 2 N–H and O–H groups in total. The first-order valence-corrected chi connectivity index (χ1v) is 11.8. The average molecular weight is 399 g/mol. The zero-order valence-electron chi connectivity index (χ0n) is 18.6. The fourth-order valence-electron chi connectivity index (χ4n) is 3.52. The minimum absolute atomic E-state index is 0.0648. The summed E-state index contributed by atoms with van der Waals surface area (Å²) < 4.78 is 0. The maximum absolute atomic E-state index is 11.3. The lowest BCUT2D eigenvalue weighted by molar-refractivity contribution is -0.121. The number of hydrogen-bond acceptors (Lipinski definition) is 2. The van der Waals surface area contributed by atoms with Gasteiger partial charge in [0.05, 0.1) is 0 Å². The van der Waals surface area contributed by atoms with E-state index in [1.807, 2.05) is 0 Å². The largest absolute Gasteiger partial charge is 0.465 e. The van der Waals surface area contributed by atoms with Crippen LogP contribution in [0.3, 0.4) is 0 Å². The van der Waals surface area contributed by atoms with Crippen molar-refractivity contribution in [2.45, 2.75) is 116 Å². The highest BCUT2D eigenvalue weighted by Crippen LogP contribution is 2.14. The lowest BCUT2D eigenvalue weighted by Crippen LogP contribution is -2.39. The van der Waals surface area contributed by atoms with Gasteiger partial charge in [0.2, 0.25) is 5.91 Å². The third-order valence-corrected chi connectivity index (χ3v) is 5.42. The number of carbonyl (C=O) groups is 2. The van der Waals surface area contributed by atoms with Crippen LogP contribution in [0.25, 0.3) is 0 Å². The summed E-state index contributed by atoms with van der Waals surface area (Å²) in [5.74, 6) is -0.255. The molecule has 166 valence electrons. The van der Waals surface area contributed by atoms with Crippen molar-refractivity contribution in [1.29, 1.82) is 0 Å². The molecule has 2 amide bonds. The van der Waals surface area contributed by atoms with E-state index in [2.05, 4.69) is 12.2 Å². The molecule has 0 unspecified atom stereocenters. The van der Waals surface area contributed by atoms with Crippen LogP contribution in [-0.2, 0) is 4.79 Å². The van der Waals surface area contributed by atoms with Crippen LogP contribution in [-0.4, -0.2) is 42.1 Å². The normalized spacial score (nSPS) is 10.8. The molecule has 5 heteroatoms. The Morgan fingerprint density at radius 2 is 1.04 bits per heavy atom. The second-order valence-corrected chi connectivity index (χ2v) is 8.03. The van der Waals surface area contributed by atoms with Crippen LogP contribution in [0.2, 0.25) is 0 Å². The molecule has 28 heavy (non-hydrogen) atoms. The number of nitrogens with one attached hydrogen (secondary N) is 1. The molecular formula is C23H46N2O3. The first-order chi connectivity index (χ1) is 13.6. The van der Waals surface area contributed by atoms with Gasteiger partial charge in [0.25, 0.3) is 0 Å². The number of carboxylic acid groups (broad SMARTS) is 1. The highest BCUT2D eigenvalue weighted by molar-refractivity contribution is 5.81. The van der Waals surface area contributed by atoms with E-state index >= 15 is 0 Å². The number of nitrogens with zero attached hydrogens (tertiary/aromatic N) is 1. The smallest absolute Gasteiger partial charge is 0.407 e. The number of unbranched alkanes of at least 4 members (excludes halogenated alkanes) is 16. The van der Waals surface area contributed by atoms with Gasteiger partial charge in [-0.05, 0) is 6.42 Å². The van der Waals surface area contributed by atoms with Crippen LogP contribution in [0.5, 0.6) is 0 Å². The Bertz CT molecular complexity index is 375. The Morgan fingerprint density at radius 3 is 1.36 bits per heavy atom. The van der Waals surface area contributed by atoms with Gasteiger partial charge in [0, 0.05) is 13.6 Å². The molecule has 0 aromatic carbocycles. The van der Waals surface area contributed by atoms with Crippen molar-refractivity contribution in [3.63, 3.8) is 0 Å². The van der Waals surface area contributed by atoms with E-state index in [-0.39, 0.29) is 12.5 Å². The second kappa shape index (κ2) is 20.5. The maximum atomic E-state index is 11.3. The number of hydrogen-bond donors (Lipinski definition) is 2. The number of likely N-dealkylation sites (N-methyl/N-ethyl adjacent to an activating group) is 1. The van der Waals surface area contributed by atoms with Gasteiger partial charge in [-0.15, -0.1) is 0 Å². The van der Waals surface area contributed by atoms with E-state index in [0.717, 1.165) is 19.3 Å². The Hall–Kier alpha value is -1.26. The van der Waals surface area contributed by atoms with Crippen LogP contribution in [0.1, 0.15) is 116 Å². The standard InChI is InChI=1S/C23H46N2O3/c1-3-4-5-6-7-8-9-10-11-12-13-14-15-16-17-18-19-20-25(23(27)28)21-22(26)24-2/h3-21H2,1-2H3,(H,24,26)(H,27,28). The monoisotopic (exact) mass is 398 g/mol. The van der Waals surface area contributed by atoms with E-state index in [1.54, 1.807) is 0 Å². The summed E-state index contributed by atoms with van der Waals surface area (Å²) in [5.41, 5.74) is 0. The van der Waals surface area contributed by atoms with E-state index in [1.165, 1.54) is 102 Å². The molecule has 0 aromatic heterocycles. The number of carbonyl (C=O) groups excluding carboxylic acids is 1. The van der Waals surface area contributed by atoms with Crippen molar-refractivity contribution in [3.8, 4) is 0 Å². The average Bonchev–Trinajstić information content (AvgIpc) is 2.69. The summed E-state index contributed by atoms with van der Waals surface area (Å²) in [4.78, 5) is 23.6. The van der Waals surface area contributed by atoms with Gasteiger partial charge in [-0.3, -0.25) is 9.69 Å². The molecule has 0 aromatic rings. The highest BCUT2D eigenvalue weighted by atomic mass is 16.4. The molecule has 0 spiro atoms. The molecule has 0 rings (SSSR count). The highest BCUT2D eigenvalue weighted by Gasteiger charge is 2.14. The van der Waals surface area contributed by atoms with Crippen molar-refractivity contribution in [1.82, 2.24) is 10.2 Å².